The van der Waals surface area contributed by atoms with Crippen molar-refractivity contribution in [2.24, 2.45) is 0 Å². The molecule has 2 rings (SSSR count). The zero-order valence-electron chi connectivity index (χ0n) is 7.57. The monoisotopic (exact) mass is 186 g/mol. The van der Waals surface area contributed by atoms with E-state index in [9.17, 15) is 0 Å². The van der Waals surface area contributed by atoms with Crippen molar-refractivity contribution in [2.75, 3.05) is 0 Å². The molecule has 1 heterocycles. The first-order valence-electron chi connectivity index (χ1n) is 4.26. The molecule has 1 aromatic heterocycles. The SMILES string of the molecule is C=C(O)c1cc(-c2ccccc2)n[nH]1. The molecule has 0 atom stereocenters. The third-order valence-electron chi connectivity index (χ3n) is 1.96. The molecule has 0 saturated carbocycles. The fraction of sp³-hybridized carbons (Fsp3) is 0. The molecular weight excluding hydrogens is 176 g/mol. The highest BCUT2D eigenvalue weighted by Crippen LogP contribution is 2.18. The van der Waals surface area contributed by atoms with Gasteiger partial charge in [0.25, 0.3) is 0 Å². The number of hydrogen-bond acceptors (Lipinski definition) is 2. The number of hydrogen-bond donors (Lipinski definition) is 2. The molecule has 0 bridgehead atoms. The van der Waals surface area contributed by atoms with Crippen molar-refractivity contribution in [2.45, 2.75) is 0 Å². The molecule has 0 radical (unpaired) electrons. The van der Waals surface area contributed by atoms with Gasteiger partial charge in [0, 0.05) is 5.56 Å². The van der Waals surface area contributed by atoms with E-state index in [1.807, 2.05) is 30.3 Å². The van der Waals surface area contributed by atoms with Crippen LogP contribution in [0.25, 0.3) is 17.0 Å². The summed E-state index contributed by atoms with van der Waals surface area (Å²) in [6.07, 6.45) is 0. The van der Waals surface area contributed by atoms with Gasteiger partial charge in [-0.05, 0) is 6.07 Å². The van der Waals surface area contributed by atoms with E-state index in [1.54, 1.807) is 6.07 Å². The number of aromatic nitrogens is 2. The summed E-state index contributed by atoms with van der Waals surface area (Å²) in [6.45, 7) is 3.42. The van der Waals surface area contributed by atoms with Crippen molar-refractivity contribution >= 4 is 5.76 Å². The highest BCUT2D eigenvalue weighted by atomic mass is 16.3. The molecule has 3 nitrogen and oxygen atoms in total. The summed E-state index contributed by atoms with van der Waals surface area (Å²) in [5.41, 5.74) is 2.36. The number of nitrogens with zero attached hydrogens (tertiary/aromatic N) is 1. The molecule has 3 heteroatoms. The summed E-state index contributed by atoms with van der Waals surface area (Å²) in [5, 5.41) is 15.9. The van der Waals surface area contributed by atoms with Crippen molar-refractivity contribution in [3.63, 3.8) is 0 Å². The van der Waals surface area contributed by atoms with E-state index in [4.69, 9.17) is 5.11 Å². The van der Waals surface area contributed by atoms with Crippen LogP contribution in [0.1, 0.15) is 5.69 Å². The molecular formula is C11H10N2O. The van der Waals surface area contributed by atoms with Crippen LogP contribution < -0.4 is 0 Å². The lowest BCUT2D eigenvalue weighted by Crippen LogP contribution is -1.78. The summed E-state index contributed by atoms with van der Waals surface area (Å²) in [5.74, 6) is -0.000295. The van der Waals surface area contributed by atoms with Crippen molar-refractivity contribution in [1.29, 1.82) is 0 Å². The predicted molar refractivity (Wildman–Crippen MR) is 55.7 cm³/mol. The molecule has 2 N–H and O–H groups in total. The van der Waals surface area contributed by atoms with Crippen molar-refractivity contribution in [3.8, 4) is 11.3 Å². The van der Waals surface area contributed by atoms with Gasteiger partial charge in [0.05, 0.1) is 11.4 Å². The first-order chi connectivity index (χ1) is 6.77. The molecule has 70 valence electrons. The number of benzene rings is 1. The Morgan fingerprint density at radius 2 is 2.00 bits per heavy atom. The van der Waals surface area contributed by atoms with Crippen LogP contribution in [0.3, 0.4) is 0 Å². The second-order valence-electron chi connectivity index (χ2n) is 2.98. The Hall–Kier alpha value is -2.03. The Labute approximate surface area is 81.7 Å². The Morgan fingerprint density at radius 3 is 2.57 bits per heavy atom. The van der Waals surface area contributed by atoms with Gasteiger partial charge in [0.2, 0.25) is 0 Å². The van der Waals surface area contributed by atoms with Crippen molar-refractivity contribution in [3.05, 3.63) is 48.7 Å². The molecule has 0 unspecified atom stereocenters. The fourth-order valence-electron chi connectivity index (χ4n) is 1.23. The maximum absolute atomic E-state index is 9.12. The van der Waals surface area contributed by atoms with Crippen LogP contribution in [0.4, 0.5) is 0 Å². The molecule has 0 aliphatic rings. The lowest BCUT2D eigenvalue weighted by Gasteiger charge is -1.92. The average Bonchev–Trinajstić information content (AvgIpc) is 2.68. The minimum absolute atomic E-state index is 0.000295. The maximum atomic E-state index is 9.12. The van der Waals surface area contributed by atoms with Crippen LogP contribution in [0.5, 0.6) is 0 Å². The molecule has 0 aliphatic heterocycles. The first kappa shape index (κ1) is 8.56. The van der Waals surface area contributed by atoms with Crippen molar-refractivity contribution in [1.82, 2.24) is 10.2 Å². The van der Waals surface area contributed by atoms with Gasteiger partial charge in [-0.25, -0.2) is 0 Å². The Morgan fingerprint density at radius 1 is 1.29 bits per heavy atom. The topological polar surface area (TPSA) is 48.9 Å². The van der Waals surface area contributed by atoms with Gasteiger partial charge < -0.3 is 5.11 Å². The van der Waals surface area contributed by atoms with E-state index >= 15 is 0 Å². The Balaban J connectivity index is 2.39. The number of aliphatic hydroxyl groups is 1. The molecule has 0 aliphatic carbocycles. The van der Waals surface area contributed by atoms with Gasteiger partial charge in [-0.2, -0.15) is 5.10 Å². The van der Waals surface area contributed by atoms with Gasteiger partial charge >= 0.3 is 0 Å². The highest BCUT2D eigenvalue weighted by molar-refractivity contribution is 5.64. The average molecular weight is 186 g/mol. The largest absolute Gasteiger partial charge is 0.506 e. The summed E-state index contributed by atoms with van der Waals surface area (Å²) in [4.78, 5) is 0. The Kier molecular flexibility index (Phi) is 2.07. The molecule has 14 heavy (non-hydrogen) atoms. The minimum atomic E-state index is -0.000295. The van der Waals surface area contributed by atoms with E-state index in [-0.39, 0.29) is 5.76 Å². The summed E-state index contributed by atoms with van der Waals surface area (Å²) >= 11 is 0. The van der Waals surface area contributed by atoms with E-state index in [0.29, 0.717) is 5.69 Å². The van der Waals surface area contributed by atoms with Crippen LogP contribution in [-0.4, -0.2) is 15.3 Å². The predicted octanol–water partition coefficient (Wildman–Crippen LogP) is 2.61. The third-order valence-corrected chi connectivity index (χ3v) is 1.96. The normalized spacial score (nSPS) is 10.0. The van der Waals surface area contributed by atoms with E-state index in [1.165, 1.54) is 0 Å². The highest BCUT2D eigenvalue weighted by Gasteiger charge is 2.04. The van der Waals surface area contributed by atoms with Crippen LogP contribution in [-0.2, 0) is 0 Å². The molecule has 0 spiro atoms. The molecule has 2 aromatic rings. The van der Waals surface area contributed by atoms with Gasteiger partial charge in [0.1, 0.15) is 5.76 Å². The number of nitrogens with one attached hydrogen (secondary N) is 1. The van der Waals surface area contributed by atoms with Crippen LogP contribution >= 0.6 is 0 Å². The van der Waals surface area contributed by atoms with E-state index in [2.05, 4.69) is 16.8 Å². The number of aromatic amines is 1. The van der Waals surface area contributed by atoms with Crippen molar-refractivity contribution < 1.29 is 5.11 Å². The van der Waals surface area contributed by atoms with Crippen LogP contribution in [0.15, 0.2) is 43.0 Å². The number of H-pyrrole nitrogens is 1. The zero-order valence-corrected chi connectivity index (χ0v) is 7.57. The first-order valence-corrected chi connectivity index (χ1v) is 4.26. The fourth-order valence-corrected chi connectivity index (χ4v) is 1.23. The summed E-state index contributed by atoms with van der Waals surface area (Å²) < 4.78 is 0. The second kappa shape index (κ2) is 3.38. The maximum Gasteiger partial charge on any atom is 0.133 e. The summed E-state index contributed by atoms with van der Waals surface area (Å²) in [6, 6.07) is 11.5. The smallest absolute Gasteiger partial charge is 0.133 e. The standard InChI is InChI=1S/C11H10N2O/c1-8(14)10-7-11(13-12-10)9-5-3-2-4-6-9/h2-7,14H,1H2,(H,12,13). The Bertz CT molecular complexity index is 445. The van der Waals surface area contributed by atoms with Gasteiger partial charge in [-0.15, -0.1) is 0 Å². The second-order valence-corrected chi connectivity index (χ2v) is 2.98. The molecule has 0 amide bonds. The quantitative estimate of drug-likeness (QED) is 0.708. The third kappa shape index (κ3) is 1.52. The number of rotatable bonds is 2. The van der Waals surface area contributed by atoms with Gasteiger partial charge in [0.15, 0.2) is 0 Å². The molecule has 0 fully saturated rings. The van der Waals surface area contributed by atoms with E-state index in [0.717, 1.165) is 11.3 Å². The van der Waals surface area contributed by atoms with Crippen LogP contribution in [0, 0.1) is 0 Å². The molecule has 0 saturated heterocycles. The zero-order chi connectivity index (χ0) is 9.97. The summed E-state index contributed by atoms with van der Waals surface area (Å²) in [7, 11) is 0. The minimum Gasteiger partial charge on any atom is -0.506 e. The number of aliphatic hydroxyl groups excluding tert-OH is 1. The lowest BCUT2D eigenvalue weighted by atomic mass is 10.1. The molecule has 1 aromatic carbocycles. The van der Waals surface area contributed by atoms with Gasteiger partial charge in [-0.3, -0.25) is 5.10 Å². The van der Waals surface area contributed by atoms with Gasteiger partial charge in [-0.1, -0.05) is 36.9 Å². The van der Waals surface area contributed by atoms with Crippen LogP contribution in [0.2, 0.25) is 0 Å². The van der Waals surface area contributed by atoms with E-state index < -0.39 is 0 Å². The lowest BCUT2D eigenvalue weighted by molar-refractivity contribution is 0.510.